The van der Waals surface area contributed by atoms with Gasteiger partial charge in [0, 0.05) is 24.4 Å². The molecule has 1 amide bonds. The molecule has 0 atom stereocenters. The van der Waals surface area contributed by atoms with E-state index in [-0.39, 0.29) is 12.5 Å². The molecule has 76 valence electrons. The fourth-order valence-electron chi connectivity index (χ4n) is 1.79. The maximum atomic E-state index is 11.5. The van der Waals surface area contributed by atoms with E-state index in [2.05, 4.69) is 0 Å². The number of rotatable bonds is 1. The summed E-state index contributed by atoms with van der Waals surface area (Å²) < 4.78 is 5.06. The molecule has 1 heterocycles. The average Bonchev–Trinajstić information content (AvgIpc) is 2.20. The standard InChI is InChI=1S/C10H14N2O2/c11-8-1-3-9(4-2-8)12-5-6-14-7-10(12)13/h3,11H,1-2,4-7H2. The van der Waals surface area contributed by atoms with Gasteiger partial charge in [-0.2, -0.15) is 0 Å². The number of nitrogens with zero attached hydrogens (tertiary/aromatic N) is 1. The molecule has 0 aromatic heterocycles. The lowest BCUT2D eigenvalue weighted by atomic mass is 10.0. The number of hydrogen-bond acceptors (Lipinski definition) is 3. The summed E-state index contributed by atoms with van der Waals surface area (Å²) in [5.41, 5.74) is 1.84. The predicted octanol–water partition coefficient (Wildman–Crippen LogP) is 0.933. The van der Waals surface area contributed by atoms with Gasteiger partial charge in [0.05, 0.1) is 6.61 Å². The van der Waals surface area contributed by atoms with Crippen LogP contribution in [0.25, 0.3) is 0 Å². The third-order valence-corrected chi connectivity index (χ3v) is 2.60. The van der Waals surface area contributed by atoms with Crippen LogP contribution in [0.15, 0.2) is 11.8 Å². The fourth-order valence-corrected chi connectivity index (χ4v) is 1.79. The van der Waals surface area contributed by atoms with Gasteiger partial charge < -0.3 is 15.0 Å². The third-order valence-electron chi connectivity index (χ3n) is 2.60. The first-order valence-electron chi connectivity index (χ1n) is 4.91. The molecule has 4 heteroatoms. The molecule has 0 radical (unpaired) electrons. The second-order valence-electron chi connectivity index (χ2n) is 3.60. The summed E-state index contributed by atoms with van der Waals surface area (Å²) in [7, 11) is 0. The molecule has 0 spiro atoms. The maximum absolute atomic E-state index is 11.5. The Kier molecular flexibility index (Phi) is 2.63. The van der Waals surface area contributed by atoms with Gasteiger partial charge in [-0.15, -0.1) is 0 Å². The van der Waals surface area contributed by atoms with Crippen LogP contribution in [0.3, 0.4) is 0 Å². The molecule has 4 nitrogen and oxygen atoms in total. The van der Waals surface area contributed by atoms with Crippen molar-refractivity contribution in [1.82, 2.24) is 4.90 Å². The predicted molar refractivity (Wildman–Crippen MR) is 52.2 cm³/mol. The summed E-state index contributed by atoms with van der Waals surface area (Å²) in [5, 5.41) is 7.47. The first kappa shape index (κ1) is 9.40. The van der Waals surface area contributed by atoms with Gasteiger partial charge in [-0.05, 0) is 12.8 Å². The summed E-state index contributed by atoms with van der Waals surface area (Å²) in [4.78, 5) is 13.3. The van der Waals surface area contributed by atoms with Crippen molar-refractivity contribution >= 4 is 11.6 Å². The van der Waals surface area contributed by atoms with Crippen molar-refractivity contribution in [2.45, 2.75) is 19.3 Å². The number of carbonyl (C=O) groups excluding carboxylic acids is 1. The number of carbonyl (C=O) groups is 1. The number of morpholine rings is 1. The Labute approximate surface area is 83.0 Å². The molecule has 0 aromatic rings. The Morgan fingerprint density at radius 1 is 1.43 bits per heavy atom. The van der Waals surface area contributed by atoms with Crippen molar-refractivity contribution in [3.63, 3.8) is 0 Å². The first-order chi connectivity index (χ1) is 6.77. The molecule has 1 aliphatic carbocycles. The first-order valence-corrected chi connectivity index (χ1v) is 4.91. The van der Waals surface area contributed by atoms with Gasteiger partial charge in [-0.3, -0.25) is 4.79 Å². The number of nitrogens with one attached hydrogen (secondary N) is 1. The summed E-state index contributed by atoms with van der Waals surface area (Å²) in [6.07, 6.45) is 4.30. The van der Waals surface area contributed by atoms with E-state index in [1.807, 2.05) is 6.08 Å². The molecule has 0 aromatic carbocycles. The second-order valence-corrected chi connectivity index (χ2v) is 3.60. The zero-order valence-electron chi connectivity index (χ0n) is 8.08. The normalized spacial score (nSPS) is 23.7. The van der Waals surface area contributed by atoms with Gasteiger partial charge >= 0.3 is 0 Å². The van der Waals surface area contributed by atoms with Crippen LogP contribution in [-0.4, -0.2) is 36.3 Å². The summed E-state index contributed by atoms with van der Waals surface area (Å²) in [6.45, 7) is 1.49. The van der Waals surface area contributed by atoms with E-state index in [9.17, 15) is 4.79 Å². The Morgan fingerprint density at radius 2 is 2.29 bits per heavy atom. The van der Waals surface area contributed by atoms with E-state index < -0.39 is 0 Å². The molecule has 1 aliphatic heterocycles. The van der Waals surface area contributed by atoms with Crippen LogP contribution in [0.2, 0.25) is 0 Å². The average molecular weight is 194 g/mol. The van der Waals surface area contributed by atoms with E-state index in [4.69, 9.17) is 10.1 Å². The van der Waals surface area contributed by atoms with Gasteiger partial charge in [-0.25, -0.2) is 0 Å². The summed E-state index contributed by atoms with van der Waals surface area (Å²) >= 11 is 0. The quantitative estimate of drug-likeness (QED) is 0.675. The SMILES string of the molecule is N=C1CC=C(N2CCOCC2=O)CC1. The van der Waals surface area contributed by atoms with Crippen LogP contribution in [0, 0.1) is 5.41 Å². The summed E-state index contributed by atoms with van der Waals surface area (Å²) in [5.74, 6) is 0.0518. The van der Waals surface area contributed by atoms with E-state index in [0.717, 1.165) is 24.3 Å². The minimum Gasteiger partial charge on any atom is -0.370 e. The van der Waals surface area contributed by atoms with Gasteiger partial charge in [0.25, 0.3) is 5.91 Å². The molecule has 0 bridgehead atoms. The molecule has 0 unspecified atom stereocenters. The van der Waals surface area contributed by atoms with E-state index in [1.165, 1.54) is 0 Å². The van der Waals surface area contributed by atoms with E-state index in [1.54, 1.807) is 4.90 Å². The Morgan fingerprint density at radius 3 is 2.93 bits per heavy atom. The highest BCUT2D eigenvalue weighted by Crippen LogP contribution is 2.20. The van der Waals surface area contributed by atoms with Crippen LogP contribution >= 0.6 is 0 Å². The molecular formula is C10H14N2O2. The number of hydrogen-bond donors (Lipinski definition) is 1. The molecule has 14 heavy (non-hydrogen) atoms. The van der Waals surface area contributed by atoms with Gasteiger partial charge in [0.2, 0.25) is 0 Å². The summed E-state index contributed by atoms with van der Waals surface area (Å²) in [6, 6.07) is 0. The molecular weight excluding hydrogens is 180 g/mol. The Hall–Kier alpha value is -1.16. The lowest BCUT2D eigenvalue weighted by Gasteiger charge is -2.30. The monoisotopic (exact) mass is 194 g/mol. The van der Waals surface area contributed by atoms with Crippen molar-refractivity contribution < 1.29 is 9.53 Å². The highest BCUT2D eigenvalue weighted by Gasteiger charge is 2.23. The number of allylic oxidation sites excluding steroid dienone is 2. The lowest BCUT2D eigenvalue weighted by molar-refractivity contribution is -0.140. The molecule has 1 fully saturated rings. The number of ether oxygens (including phenoxy) is 1. The van der Waals surface area contributed by atoms with Crippen molar-refractivity contribution in [3.05, 3.63) is 11.8 Å². The minimum atomic E-state index is 0.0518. The van der Waals surface area contributed by atoms with Gasteiger partial charge in [0.1, 0.15) is 6.61 Å². The van der Waals surface area contributed by atoms with Crippen molar-refractivity contribution in [3.8, 4) is 0 Å². The topological polar surface area (TPSA) is 53.4 Å². The van der Waals surface area contributed by atoms with Gasteiger partial charge in [0.15, 0.2) is 0 Å². The second kappa shape index (κ2) is 3.92. The van der Waals surface area contributed by atoms with Crippen LogP contribution in [0.4, 0.5) is 0 Å². The van der Waals surface area contributed by atoms with Gasteiger partial charge in [-0.1, -0.05) is 6.08 Å². The highest BCUT2D eigenvalue weighted by atomic mass is 16.5. The smallest absolute Gasteiger partial charge is 0.252 e. The van der Waals surface area contributed by atoms with Crippen molar-refractivity contribution in [1.29, 1.82) is 5.41 Å². The van der Waals surface area contributed by atoms with Crippen LogP contribution < -0.4 is 0 Å². The van der Waals surface area contributed by atoms with Crippen LogP contribution in [0.1, 0.15) is 19.3 Å². The molecule has 0 saturated carbocycles. The van der Waals surface area contributed by atoms with Crippen LogP contribution in [0.5, 0.6) is 0 Å². The van der Waals surface area contributed by atoms with Crippen molar-refractivity contribution in [2.24, 2.45) is 0 Å². The van der Waals surface area contributed by atoms with E-state index in [0.29, 0.717) is 19.6 Å². The maximum Gasteiger partial charge on any atom is 0.252 e. The fraction of sp³-hybridized carbons (Fsp3) is 0.600. The molecule has 1 saturated heterocycles. The zero-order valence-corrected chi connectivity index (χ0v) is 8.08. The largest absolute Gasteiger partial charge is 0.370 e. The molecule has 2 aliphatic rings. The lowest BCUT2D eigenvalue weighted by Crippen LogP contribution is -2.41. The molecule has 1 N–H and O–H groups in total. The van der Waals surface area contributed by atoms with E-state index >= 15 is 0 Å². The zero-order chi connectivity index (χ0) is 9.97. The highest BCUT2D eigenvalue weighted by molar-refractivity contribution is 5.85. The van der Waals surface area contributed by atoms with Crippen molar-refractivity contribution in [2.75, 3.05) is 19.8 Å². The Balaban J connectivity index is 2.06. The Bertz CT molecular complexity index is 296. The number of amides is 1. The third kappa shape index (κ3) is 1.85. The van der Waals surface area contributed by atoms with Crippen LogP contribution in [-0.2, 0) is 9.53 Å². The molecule has 2 rings (SSSR count). The minimum absolute atomic E-state index is 0.0518.